The van der Waals surface area contributed by atoms with E-state index in [2.05, 4.69) is 24.5 Å². The maximum Gasteiger partial charge on any atom is 0.340 e. The molecule has 0 aliphatic carbocycles. The summed E-state index contributed by atoms with van der Waals surface area (Å²) in [5.41, 5.74) is -0.975. The Hall–Kier alpha value is -4.78. The number of carbonyl (C=O) groups is 6. The van der Waals surface area contributed by atoms with Gasteiger partial charge in [-0.25, -0.2) is 24.0 Å². The summed E-state index contributed by atoms with van der Waals surface area (Å²) in [5, 5.41) is 26.5. The number of hydrogen-bond acceptors (Lipinski definition) is 10. The number of esters is 3. The van der Waals surface area contributed by atoms with Crippen LogP contribution in [0.4, 0.5) is 0 Å². The van der Waals surface area contributed by atoms with Crippen molar-refractivity contribution in [3.05, 3.63) is 66.8 Å². The van der Waals surface area contributed by atoms with Crippen LogP contribution in [0.25, 0.3) is 0 Å². The molecule has 13 heteroatoms. The maximum absolute atomic E-state index is 11.9. The molecule has 1 heterocycles. The van der Waals surface area contributed by atoms with Crippen molar-refractivity contribution >= 4 is 35.8 Å². The Labute approximate surface area is 236 Å². The van der Waals surface area contributed by atoms with Crippen LogP contribution in [-0.4, -0.2) is 77.1 Å². The number of benzene rings is 1. The third-order valence-electron chi connectivity index (χ3n) is 4.83. The molecule has 0 saturated carbocycles. The summed E-state index contributed by atoms with van der Waals surface area (Å²) < 4.78 is 19.3. The molecule has 3 N–H and O–H groups in total. The molecule has 0 aromatic heterocycles. The highest BCUT2D eigenvalue weighted by atomic mass is 16.6. The Morgan fingerprint density at radius 2 is 1.46 bits per heavy atom. The molecule has 0 amide bonds. The molecule has 1 fully saturated rings. The van der Waals surface area contributed by atoms with Gasteiger partial charge in [0.15, 0.2) is 0 Å². The van der Waals surface area contributed by atoms with Gasteiger partial charge in [0.2, 0.25) is 0 Å². The van der Waals surface area contributed by atoms with E-state index in [1.165, 1.54) is 12.1 Å². The van der Waals surface area contributed by atoms with E-state index in [9.17, 15) is 39.0 Å². The fourth-order valence-corrected chi connectivity index (χ4v) is 2.79. The van der Waals surface area contributed by atoms with Crippen molar-refractivity contribution in [2.45, 2.75) is 45.1 Å². The van der Waals surface area contributed by atoms with Gasteiger partial charge in [-0.3, -0.25) is 4.79 Å². The van der Waals surface area contributed by atoms with Gasteiger partial charge in [0, 0.05) is 31.1 Å². The number of aromatic carboxylic acids is 2. The smallest absolute Gasteiger partial charge is 0.340 e. The lowest BCUT2D eigenvalue weighted by Gasteiger charge is -2.14. The predicted molar refractivity (Wildman–Crippen MR) is 144 cm³/mol. The van der Waals surface area contributed by atoms with Gasteiger partial charge in [0.25, 0.3) is 0 Å². The summed E-state index contributed by atoms with van der Waals surface area (Å²) >= 11 is 0. The van der Waals surface area contributed by atoms with Crippen LogP contribution in [0, 0.1) is 0 Å². The van der Waals surface area contributed by atoms with E-state index < -0.39 is 41.0 Å². The van der Waals surface area contributed by atoms with Gasteiger partial charge in [-0.1, -0.05) is 45.6 Å². The standard InChI is InChI=1S/C19H22O8.C6H8O3.C3H4O2/c1-3-5-6-7-15(21)27-13-9-8-12(10-11-26-14(20)4-2)16(18(22)23)17(13)19(24)25;1-2-6(7)9-4-5-3-8-5;1-2-3(4)5/h4,8-9H,2-3,5-7,10-11H2,1H3,(H,22,23)(H,24,25);2,5H,1,3-4H2;2H,1H2,(H,4,5). The zero-order chi connectivity index (χ0) is 31.4. The predicted octanol–water partition coefficient (Wildman–Crippen LogP) is 3.21. The van der Waals surface area contributed by atoms with Gasteiger partial charge in [0.05, 0.1) is 18.8 Å². The van der Waals surface area contributed by atoms with Crippen LogP contribution in [0.5, 0.6) is 5.75 Å². The lowest BCUT2D eigenvalue weighted by Crippen LogP contribution is -2.17. The molecular formula is C28H34O13. The van der Waals surface area contributed by atoms with Crippen LogP contribution in [0.3, 0.4) is 0 Å². The number of aliphatic carboxylic acids is 1. The lowest BCUT2D eigenvalue weighted by molar-refractivity contribution is -0.138. The third-order valence-corrected chi connectivity index (χ3v) is 4.83. The summed E-state index contributed by atoms with van der Waals surface area (Å²) in [7, 11) is 0. The number of carbonyl (C=O) groups excluding carboxylic acids is 3. The molecule has 13 nitrogen and oxygen atoms in total. The van der Waals surface area contributed by atoms with Crippen molar-refractivity contribution in [1.29, 1.82) is 0 Å². The normalized spacial score (nSPS) is 12.5. The Kier molecular flexibility index (Phi) is 17.8. The Bertz CT molecular complexity index is 1120. The number of hydrogen-bond donors (Lipinski definition) is 3. The molecule has 1 aliphatic heterocycles. The van der Waals surface area contributed by atoms with Gasteiger partial charge >= 0.3 is 35.8 Å². The summed E-state index contributed by atoms with van der Waals surface area (Å²) in [6.45, 7) is 12.3. The van der Waals surface area contributed by atoms with Gasteiger partial charge in [0.1, 0.15) is 24.0 Å². The Morgan fingerprint density at radius 1 is 0.902 bits per heavy atom. The van der Waals surface area contributed by atoms with Crippen LogP contribution in [0.15, 0.2) is 50.1 Å². The molecule has 0 bridgehead atoms. The van der Waals surface area contributed by atoms with E-state index >= 15 is 0 Å². The molecule has 41 heavy (non-hydrogen) atoms. The topological polar surface area (TPSA) is 203 Å². The minimum Gasteiger partial charge on any atom is -0.478 e. The first kappa shape index (κ1) is 36.2. The van der Waals surface area contributed by atoms with Crippen LogP contribution in [0.2, 0.25) is 0 Å². The monoisotopic (exact) mass is 578 g/mol. The molecule has 1 atom stereocenters. The lowest BCUT2D eigenvalue weighted by atomic mass is 9.98. The number of carboxylic acid groups (broad SMARTS) is 3. The molecule has 1 aliphatic rings. The van der Waals surface area contributed by atoms with Crippen molar-refractivity contribution in [2.24, 2.45) is 0 Å². The fraction of sp³-hybridized carbons (Fsp3) is 0.357. The molecule has 0 radical (unpaired) electrons. The van der Waals surface area contributed by atoms with Crippen molar-refractivity contribution in [3.63, 3.8) is 0 Å². The minimum absolute atomic E-state index is 0.0216. The third kappa shape index (κ3) is 16.0. The first-order valence-corrected chi connectivity index (χ1v) is 12.3. The molecule has 1 unspecified atom stereocenters. The second-order valence-corrected chi connectivity index (χ2v) is 7.97. The van der Waals surface area contributed by atoms with E-state index in [-0.39, 0.29) is 42.8 Å². The summed E-state index contributed by atoms with van der Waals surface area (Å²) in [5.74, 6) is -6.02. The van der Waals surface area contributed by atoms with Crippen molar-refractivity contribution in [3.8, 4) is 5.75 Å². The zero-order valence-corrected chi connectivity index (χ0v) is 22.7. The summed E-state index contributed by atoms with van der Waals surface area (Å²) in [6.07, 6.45) is 5.49. The molecule has 1 aromatic carbocycles. The number of rotatable bonds is 15. The molecule has 1 saturated heterocycles. The molecular weight excluding hydrogens is 544 g/mol. The van der Waals surface area contributed by atoms with E-state index in [1.54, 1.807) is 0 Å². The van der Waals surface area contributed by atoms with Crippen molar-refractivity contribution in [2.75, 3.05) is 19.8 Å². The van der Waals surface area contributed by atoms with Gasteiger partial charge in [-0.15, -0.1) is 0 Å². The second kappa shape index (κ2) is 20.2. The highest BCUT2D eigenvalue weighted by Crippen LogP contribution is 2.27. The summed E-state index contributed by atoms with van der Waals surface area (Å²) in [6, 6.07) is 2.57. The Balaban J connectivity index is 0.000000928. The first-order valence-electron chi connectivity index (χ1n) is 12.3. The molecule has 1 aromatic rings. The number of epoxide rings is 1. The maximum atomic E-state index is 11.9. The number of carboxylic acids is 3. The molecule has 0 spiro atoms. The largest absolute Gasteiger partial charge is 0.478 e. The van der Waals surface area contributed by atoms with Crippen LogP contribution in [-0.2, 0) is 39.8 Å². The Morgan fingerprint density at radius 3 is 1.93 bits per heavy atom. The SMILES string of the molecule is C=CC(=O)O.C=CC(=O)OCC1CO1.C=CC(=O)OCCc1ccc(OC(=O)CCCCC)c(C(=O)O)c1C(=O)O. The fourth-order valence-electron chi connectivity index (χ4n) is 2.79. The highest BCUT2D eigenvalue weighted by Gasteiger charge is 2.26. The minimum atomic E-state index is -1.53. The second-order valence-electron chi connectivity index (χ2n) is 7.97. The average molecular weight is 579 g/mol. The first-order chi connectivity index (χ1) is 19.4. The van der Waals surface area contributed by atoms with Crippen molar-refractivity contribution < 1.29 is 63.0 Å². The van der Waals surface area contributed by atoms with Crippen LogP contribution in [0.1, 0.15) is 58.9 Å². The number of unbranched alkanes of at least 4 members (excludes halogenated alkanes) is 2. The zero-order valence-electron chi connectivity index (χ0n) is 22.7. The molecule has 2 rings (SSSR count). The summed E-state index contributed by atoms with van der Waals surface area (Å²) in [4.78, 5) is 65.8. The van der Waals surface area contributed by atoms with Crippen LogP contribution < -0.4 is 4.74 Å². The van der Waals surface area contributed by atoms with E-state index in [0.717, 1.165) is 31.1 Å². The van der Waals surface area contributed by atoms with E-state index in [0.29, 0.717) is 19.6 Å². The van der Waals surface area contributed by atoms with Gasteiger partial charge in [-0.05, 0) is 18.1 Å². The van der Waals surface area contributed by atoms with E-state index in [1.807, 2.05) is 6.92 Å². The van der Waals surface area contributed by atoms with Gasteiger partial charge in [-0.2, -0.15) is 0 Å². The highest BCUT2D eigenvalue weighted by molar-refractivity contribution is 6.05. The van der Waals surface area contributed by atoms with Gasteiger partial charge < -0.3 is 34.3 Å². The quantitative estimate of drug-likeness (QED) is 0.0900. The van der Waals surface area contributed by atoms with Crippen LogP contribution >= 0.6 is 0 Å². The average Bonchev–Trinajstić information content (AvgIpc) is 3.77. The van der Waals surface area contributed by atoms with Crippen molar-refractivity contribution in [1.82, 2.24) is 0 Å². The van der Waals surface area contributed by atoms with E-state index in [4.69, 9.17) is 19.3 Å². The molecule has 224 valence electrons. The number of ether oxygens (including phenoxy) is 4.